The van der Waals surface area contributed by atoms with Gasteiger partial charge in [-0.05, 0) is 73.9 Å². The normalized spacial score (nSPS) is 12.2. The summed E-state index contributed by atoms with van der Waals surface area (Å²) < 4.78 is 1.42. The Morgan fingerprint density at radius 3 is 1.42 bits per heavy atom. The van der Waals surface area contributed by atoms with Crippen LogP contribution in [0.5, 0.6) is 0 Å². The Kier molecular flexibility index (Phi) is 24.9. The van der Waals surface area contributed by atoms with Crippen molar-refractivity contribution in [3.8, 4) is 21.6 Å². The van der Waals surface area contributed by atoms with Crippen molar-refractivity contribution in [2.24, 2.45) is 0 Å². The van der Waals surface area contributed by atoms with Crippen molar-refractivity contribution in [1.82, 2.24) is 0 Å². The van der Waals surface area contributed by atoms with Crippen LogP contribution in [0.2, 0.25) is 0 Å². The molecule has 0 radical (unpaired) electrons. The van der Waals surface area contributed by atoms with Crippen LogP contribution < -0.4 is 0 Å². The first-order valence-corrected chi connectivity index (χ1v) is 21.2. The second-order valence-electron chi connectivity index (χ2n) is 13.7. The fourth-order valence-electron chi connectivity index (χ4n) is 6.04. The first-order chi connectivity index (χ1) is 24.6. The summed E-state index contributed by atoms with van der Waals surface area (Å²) >= 11 is 1.29. The summed E-state index contributed by atoms with van der Waals surface area (Å²) in [4.78, 5) is 6.20. The fourth-order valence-corrected chi connectivity index (χ4v) is 6.53. The number of allylic oxidation sites excluding steroid dienone is 2. The number of nitrogens with zero attached hydrogens (tertiary/aromatic N) is 2. The van der Waals surface area contributed by atoms with Crippen LogP contribution in [0, 0.1) is 21.6 Å². The van der Waals surface area contributed by atoms with Gasteiger partial charge in [0.15, 0.2) is 0 Å². The van der Waals surface area contributed by atoms with Crippen molar-refractivity contribution in [3.63, 3.8) is 0 Å². The minimum absolute atomic E-state index is 0.888. The van der Waals surface area contributed by atoms with Gasteiger partial charge in [0.05, 0.1) is 0 Å². The van der Waals surface area contributed by atoms with Crippen molar-refractivity contribution in [1.29, 1.82) is 0 Å². The molecule has 50 heavy (non-hydrogen) atoms. The van der Waals surface area contributed by atoms with E-state index in [4.69, 9.17) is 0 Å². The molecule has 3 heteroatoms. The second-order valence-corrected chi connectivity index (χ2v) is 14.4. The minimum atomic E-state index is 0.888. The van der Waals surface area contributed by atoms with E-state index < -0.39 is 0 Å². The van der Waals surface area contributed by atoms with Gasteiger partial charge >= 0.3 is 127 Å². The van der Waals surface area contributed by atoms with Crippen LogP contribution in [0.15, 0.2) is 60.2 Å². The number of rotatable bonds is 22. The molecule has 1 heterocycles. The molecule has 0 aromatic heterocycles. The van der Waals surface area contributed by atoms with Gasteiger partial charge in [-0.15, -0.1) is 0 Å². The van der Waals surface area contributed by atoms with Gasteiger partial charge in [-0.1, -0.05) is 70.7 Å². The summed E-state index contributed by atoms with van der Waals surface area (Å²) in [6, 6.07) is 17.5. The molecule has 0 saturated heterocycles. The fraction of sp³-hybridized carbons (Fsp3) is 0.574. The van der Waals surface area contributed by atoms with Crippen molar-refractivity contribution >= 4 is 11.4 Å². The van der Waals surface area contributed by atoms with Gasteiger partial charge in [0.1, 0.15) is 0 Å². The number of benzene rings is 2. The molecule has 276 valence electrons. The molecule has 0 aliphatic carbocycles. The molecule has 1 aliphatic heterocycles. The Hall–Kier alpha value is -2.87. The molecule has 0 fully saturated rings. The van der Waals surface area contributed by atoms with Crippen molar-refractivity contribution in [3.05, 3.63) is 88.0 Å². The molecule has 1 aliphatic rings. The molecule has 0 amide bonds. The van der Waals surface area contributed by atoms with Gasteiger partial charge in [-0.2, -0.15) is 0 Å². The molecule has 2 nitrogen and oxygen atoms in total. The van der Waals surface area contributed by atoms with E-state index in [0.29, 0.717) is 0 Å². The predicted octanol–water partition coefficient (Wildman–Crippen LogP) is 14.5. The summed E-state index contributed by atoms with van der Waals surface area (Å²) in [6.07, 6.45) is 29.2. The van der Waals surface area contributed by atoms with Gasteiger partial charge in [-0.25, -0.2) is 4.70 Å². The van der Waals surface area contributed by atoms with E-state index in [0.717, 1.165) is 61.0 Å². The Bertz CT molecular complexity index is 1360. The molecule has 0 bridgehead atoms. The number of hydrogen-bond donors (Lipinski definition) is 0. The van der Waals surface area contributed by atoms with E-state index in [9.17, 15) is 5.53 Å². The predicted molar refractivity (Wildman–Crippen MR) is 215 cm³/mol. The standard InChI is InChI=1S/C29H38N2.2C9H15.Ni/c1-4-7-10-13-27-22-28(25-18-14-23(15-19-25)11-8-5-2)31(30)29(27)26-20-16-24(17-21-26)12-9-6-3;2*1-3-5-7-9-8-6-4-2;/h14-22H,4-13H2,1-3H3;2*3,5-9H2,1H3;. The molecule has 0 atom stereocenters. The second kappa shape index (κ2) is 28.8. The molecule has 0 spiro atoms. The van der Waals surface area contributed by atoms with E-state index in [1.807, 2.05) is 0 Å². The molecular formula is C47H68N2Ni. The third-order valence-corrected chi connectivity index (χ3v) is 9.82. The van der Waals surface area contributed by atoms with E-state index in [1.165, 1.54) is 139 Å². The van der Waals surface area contributed by atoms with E-state index in [-0.39, 0.29) is 0 Å². The van der Waals surface area contributed by atoms with Crippen LogP contribution in [0.3, 0.4) is 0 Å². The average molecular weight is 720 g/mol. The molecule has 2 aromatic carbocycles. The van der Waals surface area contributed by atoms with Gasteiger partial charge in [0.2, 0.25) is 11.4 Å². The van der Waals surface area contributed by atoms with E-state index in [2.05, 4.69) is 111 Å². The zero-order valence-corrected chi connectivity index (χ0v) is 33.5. The first-order valence-electron chi connectivity index (χ1n) is 20.2. The average Bonchev–Trinajstić information content (AvgIpc) is 3.47. The van der Waals surface area contributed by atoms with Crippen molar-refractivity contribution in [2.75, 3.05) is 0 Å². The zero-order chi connectivity index (χ0) is 36.1. The van der Waals surface area contributed by atoms with Crippen LogP contribution in [-0.4, -0.2) is 4.70 Å². The molecule has 0 saturated carbocycles. The van der Waals surface area contributed by atoms with Crippen LogP contribution in [-0.2, 0) is 27.3 Å². The summed E-state index contributed by atoms with van der Waals surface area (Å²) in [5.41, 5.74) is 19.2. The number of hydrogen-bond acceptors (Lipinski definition) is 0. The first kappa shape index (κ1) is 43.3. The monoisotopic (exact) mass is 718 g/mol. The molecular weight excluding hydrogens is 651 g/mol. The Labute approximate surface area is 314 Å². The van der Waals surface area contributed by atoms with Gasteiger partial charge in [0.25, 0.3) is 0 Å². The summed E-state index contributed by atoms with van der Waals surface area (Å²) in [5, 5.41) is 0. The molecule has 0 unspecified atom stereocenters. The Morgan fingerprint density at radius 1 is 0.500 bits per heavy atom. The van der Waals surface area contributed by atoms with Crippen LogP contribution in [0.4, 0.5) is 0 Å². The Morgan fingerprint density at radius 2 is 0.940 bits per heavy atom. The summed E-state index contributed by atoms with van der Waals surface area (Å²) in [6.45, 7) is 11.2. The number of unbranched alkanes of at least 4 members (excludes halogenated alkanes) is 14. The molecule has 3 rings (SSSR count). The third-order valence-electron chi connectivity index (χ3n) is 9.22. The van der Waals surface area contributed by atoms with Crippen LogP contribution in [0.25, 0.3) is 16.9 Å². The van der Waals surface area contributed by atoms with Crippen LogP contribution >= 0.6 is 0 Å². The van der Waals surface area contributed by atoms with Gasteiger partial charge < -0.3 is 5.53 Å². The summed E-state index contributed by atoms with van der Waals surface area (Å²) in [7, 11) is 0. The summed E-state index contributed by atoms with van der Waals surface area (Å²) in [5.74, 6) is 6.40. The van der Waals surface area contributed by atoms with Crippen molar-refractivity contribution in [2.45, 2.75) is 176 Å². The maximum absolute atomic E-state index is 11.2. The zero-order valence-electron chi connectivity index (χ0n) is 32.5. The van der Waals surface area contributed by atoms with E-state index in [1.54, 1.807) is 0 Å². The number of aryl methyl sites for hydroxylation is 2. The Balaban J connectivity index is 0.000000394. The van der Waals surface area contributed by atoms with Crippen molar-refractivity contribution < 1.29 is 19.1 Å². The van der Waals surface area contributed by atoms with Gasteiger partial charge in [0, 0.05) is 22.8 Å². The van der Waals surface area contributed by atoms with E-state index >= 15 is 0 Å². The third kappa shape index (κ3) is 17.9. The van der Waals surface area contributed by atoms with Gasteiger partial charge in [-0.3, -0.25) is 0 Å². The quantitative estimate of drug-likeness (QED) is 0.0501. The SMILES string of the molecule is CCCCCC1=C(c2ccc(CCCC)cc2)[N+](=[N-])C(c2ccc(CCCC)cc2)=C1.CCCCCCCC#[C][Ni][C]#CCCCCCCC. The van der Waals surface area contributed by atoms with Crippen LogP contribution in [0.1, 0.15) is 185 Å². The maximum atomic E-state index is 11.2. The topological polar surface area (TPSA) is 25.3 Å². The molecule has 0 N–H and O–H groups in total. The molecule has 2 aromatic rings.